The number of nitrogens with one attached hydrogen (secondary N) is 2. The molecule has 2 aliphatic carbocycles. The van der Waals surface area contributed by atoms with Crippen molar-refractivity contribution in [1.82, 2.24) is 10.6 Å². The van der Waals surface area contributed by atoms with E-state index in [4.69, 9.17) is 0 Å². The second kappa shape index (κ2) is 2.44. The molecule has 3 rings (SSSR count). The molecule has 0 aromatic rings. The smallest absolute Gasteiger partial charge is 0.322 e. The predicted octanol–water partition coefficient (Wildman–Crippen LogP) is 1.41. The van der Waals surface area contributed by atoms with Crippen molar-refractivity contribution in [3.8, 4) is 0 Å². The molecular weight excluding hydrogens is 204 g/mol. The van der Waals surface area contributed by atoms with Gasteiger partial charge in [0.15, 0.2) is 0 Å². The van der Waals surface area contributed by atoms with Crippen molar-refractivity contribution in [3.05, 3.63) is 0 Å². The van der Waals surface area contributed by atoms with Gasteiger partial charge in [-0.05, 0) is 30.6 Å². The van der Waals surface area contributed by atoms with E-state index in [0.29, 0.717) is 5.92 Å². The summed E-state index contributed by atoms with van der Waals surface area (Å²) in [5, 5.41) is 5.32. The topological polar surface area (TPSA) is 58.2 Å². The van der Waals surface area contributed by atoms with Gasteiger partial charge in [-0.1, -0.05) is 20.8 Å². The van der Waals surface area contributed by atoms with Crippen molar-refractivity contribution in [2.45, 2.75) is 45.6 Å². The van der Waals surface area contributed by atoms with E-state index in [9.17, 15) is 9.59 Å². The fourth-order valence-corrected chi connectivity index (χ4v) is 4.34. The summed E-state index contributed by atoms with van der Waals surface area (Å²) < 4.78 is 0. The summed E-state index contributed by atoms with van der Waals surface area (Å²) in [4.78, 5) is 23.5. The van der Waals surface area contributed by atoms with Crippen molar-refractivity contribution >= 4 is 11.9 Å². The molecule has 0 aromatic heterocycles. The predicted molar refractivity (Wildman–Crippen MR) is 58.6 cm³/mol. The summed E-state index contributed by atoms with van der Waals surface area (Å²) in [7, 11) is 0. The zero-order chi connectivity index (χ0) is 11.8. The second-order valence-corrected chi connectivity index (χ2v) is 6.31. The Bertz CT molecular complexity index is 404. The van der Waals surface area contributed by atoms with E-state index in [1.54, 1.807) is 0 Å². The van der Waals surface area contributed by atoms with Crippen LogP contribution in [0.1, 0.15) is 40.0 Å². The number of carbonyl (C=O) groups excluding carboxylic acids is 2. The molecule has 0 aromatic carbocycles. The van der Waals surface area contributed by atoms with Crippen LogP contribution in [0.2, 0.25) is 0 Å². The van der Waals surface area contributed by atoms with Gasteiger partial charge >= 0.3 is 6.03 Å². The van der Waals surface area contributed by atoms with Crippen LogP contribution < -0.4 is 10.6 Å². The summed E-state index contributed by atoms with van der Waals surface area (Å²) in [5.74, 6) is 0.428. The molecule has 4 nitrogen and oxygen atoms in total. The molecular formula is C12H18N2O2. The highest BCUT2D eigenvalue weighted by Gasteiger charge is 2.73. The molecule has 0 unspecified atom stereocenters. The molecule has 0 radical (unpaired) electrons. The van der Waals surface area contributed by atoms with Gasteiger partial charge < -0.3 is 5.32 Å². The summed E-state index contributed by atoms with van der Waals surface area (Å²) in [6.45, 7) is 6.62. The lowest BCUT2D eigenvalue weighted by Crippen LogP contribution is -2.58. The molecule has 16 heavy (non-hydrogen) atoms. The molecule has 1 aliphatic heterocycles. The Balaban J connectivity index is 2.13. The van der Waals surface area contributed by atoms with E-state index in [1.807, 2.05) is 0 Å². The maximum Gasteiger partial charge on any atom is 0.322 e. The number of fused-ring (bicyclic) bond motifs is 3. The van der Waals surface area contributed by atoms with Crippen LogP contribution in [0, 0.1) is 16.7 Å². The molecule has 1 heterocycles. The molecule has 3 aliphatic rings. The van der Waals surface area contributed by atoms with Crippen molar-refractivity contribution in [2.24, 2.45) is 16.7 Å². The first-order valence-electron chi connectivity index (χ1n) is 5.97. The first-order valence-corrected chi connectivity index (χ1v) is 5.97. The maximum absolute atomic E-state index is 12.1. The Morgan fingerprint density at radius 1 is 1.25 bits per heavy atom. The van der Waals surface area contributed by atoms with Crippen LogP contribution in [-0.4, -0.2) is 17.5 Å². The summed E-state index contributed by atoms with van der Waals surface area (Å²) in [6.07, 6.45) is 3.00. The number of hydrogen-bond acceptors (Lipinski definition) is 2. The van der Waals surface area contributed by atoms with Crippen LogP contribution in [0.4, 0.5) is 4.79 Å². The number of hydrogen-bond donors (Lipinski definition) is 2. The zero-order valence-corrected chi connectivity index (χ0v) is 10.0. The van der Waals surface area contributed by atoms with Gasteiger partial charge in [0.25, 0.3) is 5.91 Å². The Labute approximate surface area is 95.2 Å². The van der Waals surface area contributed by atoms with Gasteiger partial charge in [0.1, 0.15) is 5.54 Å². The van der Waals surface area contributed by atoms with Crippen molar-refractivity contribution in [3.63, 3.8) is 0 Å². The molecule has 88 valence electrons. The highest BCUT2D eigenvalue weighted by atomic mass is 16.2. The number of amides is 3. The quantitative estimate of drug-likeness (QED) is 0.609. The molecule has 2 saturated carbocycles. The highest BCUT2D eigenvalue weighted by molar-refractivity contribution is 6.08. The molecule has 3 amide bonds. The third-order valence-corrected chi connectivity index (χ3v) is 5.87. The van der Waals surface area contributed by atoms with E-state index in [0.717, 1.165) is 12.8 Å². The minimum Gasteiger partial charge on any atom is -0.323 e. The lowest BCUT2D eigenvalue weighted by atomic mass is 9.63. The third-order valence-electron chi connectivity index (χ3n) is 5.87. The SMILES string of the molecule is CC1(C)[C@H]2CC[C@@]1(C)[C@@]1(C2)NC(=O)NC1=O. The largest absolute Gasteiger partial charge is 0.323 e. The van der Waals surface area contributed by atoms with E-state index in [-0.39, 0.29) is 22.8 Å². The normalized spacial score (nSPS) is 48.6. The van der Waals surface area contributed by atoms with E-state index < -0.39 is 5.54 Å². The average Bonchev–Trinajstić information content (AvgIpc) is 2.63. The fraction of sp³-hybridized carbons (Fsp3) is 0.833. The van der Waals surface area contributed by atoms with Crippen molar-refractivity contribution in [1.29, 1.82) is 0 Å². The first-order chi connectivity index (χ1) is 7.33. The van der Waals surface area contributed by atoms with Gasteiger partial charge in [-0.3, -0.25) is 10.1 Å². The number of carbonyl (C=O) groups is 2. The Hall–Kier alpha value is -1.06. The number of urea groups is 1. The van der Waals surface area contributed by atoms with Crippen LogP contribution in [-0.2, 0) is 4.79 Å². The molecule has 1 spiro atoms. The standard InChI is InChI=1S/C12H18N2O2/c1-10(2)7-4-5-11(10,3)12(6-7)8(15)13-9(16)14-12/h7H,4-6H2,1-3H3,(H2,13,14,15,16)/t7-,11+,12-/m0/s1. The Kier molecular flexibility index (Phi) is 1.54. The van der Waals surface area contributed by atoms with E-state index in [2.05, 4.69) is 31.4 Å². The third kappa shape index (κ3) is 0.770. The first kappa shape index (κ1) is 10.1. The minimum atomic E-state index is -0.642. The Morgan fingerprint density at radius 3 is 2.31 bits per heavy atom. The van der Waals surface area contributed by atoms with Crippen LogP contribution in [0.25, 0.3) is 0 Å². The molecule has 4 heteroatoms. The van der Waals surface area contributed by atoms with Gasteiger partial charge in [0.05, 0.1) is 0 Å². The monoisotopic (exact) mass is 222 g/mol. The molecule has 1 saturated heterocycles. The summed E-state index contributed by atoms with van der Waals surface area (Å²) in [5.41, 5.74) is -0.626. The van der Waals surface area contributed by atoms with Gasteiger partial charge in [0.2, 0.25) is 0 Å². The molecule has 2 bridgehead atoms. The maximum atomic E-state index is 12.1. The fourth-order valence-electron chi connectivity index (χ4n) is 4.34. The number of imide groups is 1. The van der Waals surface area contributed by atoms with Gasteiger partial charge in [-0.2, -0.15) is 0 Å². The average molecular weight is 222 g/mol. The van der Waals surface area contributed by atoms with Gasteiger partial charge in [-0.15, -0.1) is 0 Å². The second-order valence-electron chi connectivity index (χ2n) is 6.31. The lowest BCUT2D eigenvalue weighted by molar-refractivity contribution is -0.129. The summed E-state index contributed by atoms with van der Waals surface area (Å²) in [6, 6.07) is -0.324. The molecule has 2 N–H and O–H groups in total. The van der Waals surface area contributed by atoms with Crippen LogP contribution in [0.15, 0.2) is 0 Å². The number of rotatable bonds is 0. The molecule has 3 fully saturated rings. The van der Waals surface area contributed by atoms with Crippen LogP contribution in [0.5, 0.6) is 0 Å². The highest BCUT2D eigenvalue weighted by Crippen LogP contribution is 2.70. The van der Waals surface area contributed by atoms with E-state index in [1.165, 1.54) is 6.42 Å². The van der Waals surface area contributed by atoms with Crippen molar-refractivity contribution in [2.75, 3.05) is 0 Å². The minimum absolute atomic E-state index is 0.110. The van der Waals surface area contributed by atoms with E-state index >= 15 is 0 Å². The molecule has 3 atom stereocenters. The van der Waals surface area contributed by atoms with Crippen LogP contribution in [0.3, 0.4) is 0 Å². The Morgan fingerprint density at radius 2 is 1.94 bits per heavy atom. The van der Waals surface area contributed by atoms with Crippen molar-refractivity contribution < 1.29 is 9.59 Å². The summed E-state index contributed by atoms with van der Waals surface area (Å²) >= 11 is 0. The van der Waals surface area contributed by atoms with Gasteiger partial charge in [-0.25, -0.2) is 4.79 Å². The lowest BCUT2D eigenvalue weighted by Gasteiger charge is -2.44. The van der Waals surface area contributed by atoms with Crippen LogP contribution >= 0.6 is 0 Å². The zero-order valence-electron chi connectivity index (χ0n) is 10.0. The van der Waals surface area contributed by atoms with Gasteiger partial charge in [0, 0.05) is 5.41 Å².